The van der Waals surface area contributed by atoms with Crippen molar-refractivity contribution in [1.82, 2.24) is 20.1 Å². The molecule has 27 heavy (non-hydrogen) atoms. The molecule has 0 radical (unpaired) electrons. The Morgan fingerprint density at radius 1 is 1.15 bits per heavy atom. The maximum absolute atomic E-state index is 12.3. The van der Waals surface area contributed by atoms with Crippen LogP contribution in [0, 0.1) is 0 Å². The fourth-order valence-electron chi connectivity index (χ4n) is 2.73. The van der Waals surface area contributed by atoms with Gasteiger partial charge in [-0.05, 0) is 43.7 Å². The highest BCUT2D eigenvalue weighted by atomic mass is 35.5. The molecule has 1 atom stereocenters. The molecule has 2 aromatic carbocycles. The van der Waals surface area contributed by atoms with Crippen LogP contribution in [0.5, 0.6) is 0 Å². The molecule has 0 aliphatic heterocycles. The number of amides is 1. The van der Waals surface area contributed by atoms with Gasteiger partial charge < -0.3 is 9.88 Å². The van der Waals surface area contributed by atoms with Crippen LogP contribution >= 0.6 is 23.4 Å². The van der Waals surface area contributed by atoms with Crippen molar-refractivity contribution in [3.05, 3.63) is 65.2 Å². The molecule has 7 heteroatoms. The van der Waals surface area contributed by atoms with Gasteiger partial charge in [-0.15, -0.1) is 10.2 Å². The fourth-order valence-corrected chi connectivity index (χ4v) is 3.67. The van der Waals surface area contributed by atoms with Crippen LogP contribution in [-0.4, -0.2) is 26.4 Å². The Hall–Kier alpha value is -2.31. The number of benzene rings is 2. The monoisotopic (exact) mass is 400 g/mol. The van der Waals surface area contributed by atoms with Crippen LogP contribution in [0.15, 0.2) is 59.8 Å². The third-order valence-corrected chi connectivity index (χ3v) is 5.36. The molecule has 0 saturated carbocycles. The average molecular weight is 401 g/mol. The first-order valence-electron chi connectivity index (χ1n) is 8.74. The molecule has 0 spiro atoms. The van der Waals surface area contributed by atoms with Gasteiger partial charge in [0.2, 0.25) is 5.91 Å². The Bertz CT molecular complexity index is 896. The average Bonchev–Trinajstić information content (AvgIpc) is 3.10. The number of hydrogen-bond donors (Lipinski definition) is 1. The van der Waals surface area contributed by atoms with Crippen molar-refractivity contribution in [2.45, 2.75) is 31.6 Å². The van der Waals surface area contributed by atoms with Crippen molar-refractivity contribution in [2.24, 2.45) is 0 Å². The van der Waals surface area contributed by atoms with Gasteiger partial charge in [-0.25, -0.2) is 0 Å². The number of hydrogen-bond acceptors (Lipinski definition) is 4. The molecule has 140 valence electrons. The van der Waals surface area contributed by atoms with Crippen LogP contribution in [-0.2, 0) is 11.3 Å². The largest absolute Gasteiger partial charge is 0.349 e. The molecule has 0 unspecified atom stereocenters. The number of carbonyl (C=O) groups is 1. The molecule has 5 nitrogen and oxygen atoms in total. The van der Waals surface area contributed by atoms with E-state index in [1.807, 2.05) is 73.0 Å². The third kappa shape index (κ3) is 4.90. The Morgan fingerprint density at radius 3 is 2.52 bits per heavy atom. The number of thioether (sulfide) groups is 1. The maximum Gasteiger partial charge on any atom is 0.230 e. The number of carbonyl (C=O) groups excluding carboxylic acids is 1. The molecule has 1 aromatic heterocycles. The summed E-state index contributed by atoms with van der Waals surface area (Å²) in [5.74, 6) is 1.03. The van der Waals surface area contributed by atoms with E-state index in [0.717, 1.165) is 28.7 Å². The lowest BCUT2D eigenvalue weighted by Gasteiger charge is -2.14. The van der Waals surface area contributed by atoms with E-state index >= 15 is 0 Å². The van der Waals surface area contributed by atoms with Crippen LogP contribution in [0.4, 0.5) is 0 Å². The summed E-state index contributed by atoms with van der Waals surface area (Å²) in [7, 11) is 0. The molecule has 0 bridgehead atoms. The number of halogens is 1. The Balaban J connectivity index is 1.64. The normalized spacial score (nSPS) is 12.0. The first-order chi connectivity index (χ1) is 13.1. The zero-order valence-corrected chi connectivity index (χ0v) is 16.8. The van der Waals surface area contributed by atoms with Gasteiger partial charge in [0.15, 0.2) is 11.0 Å². The standard InChI is InChI=1S/C20H21ClN4OS/c1-3-25-19(16-9-11-17(21)12-10-16)23-24-20(25)27-13-18(26)22-14(2)15-7-5-4-6-8-15/h4-12,14H,3,13H2,1-2H3,(H,22,26)/t14-/m0/s1. The van der Waals surface area contributed by atoms with E-state index in [-0.39, 0.29) is 17.7 Å². The SMILES string of the molecule is CCn1c(SCC(=O)N[C@@H](C)c2ccccc2)nnc1-c1ccc(Cl)cc1. The number of rotatable bonds is 7. The minimum atomic E-state index is -0.0343. The highest BCUT2D eigenvalue weighted by molar-refractivity contribution is 7.99. The number of nitrogens with zero attached hydrogens (tertiary/aromatic N) is 3. The second kappa shape index (κ2) is 9.06. The minimum Gasteiger partial charge on any atom is -0.349 e. The summed E-state index contributed by atoms with van der Waals surface area (Å²) in [6.07, 6.45) is 0. The summed E-state index contributed by atoms with van der Waals surface area (Å²) in [6, 6.07) is 17.4. The van der Waals surface area contributed by atoms with Gasteiger partial charge in [0.05, 0.1) is 11.8 Å². The topological polar surface area (TPSA) is 59.8 Å². The summed E-state index contributed by atoms with van der Waals surface area (Å²) < 4.78 is 2.00. The highest BCUT2D eigenvalue weighted by Gasteiger charge is 2.15. The summed E-state index contributed by atoms with van der Waals surface area (Å²) in [4.78, 5) is 12.3. The van der Waals surface area contributed by atoms with Crippen molar-refractivity contribution < 1.29 is 4.79 Å². The van der Waals surface area contributed by atoms with Crippen molar-refractivity contribution >= 4 is 29.3 Å². The van der Waals surface area contributed by atoms with Crippen LogP contribution < -0.4 is 5.32 Å². The Morgan fingerprint density at radius 2 is 1.85 bits per heavy atom. The van der Waals surface area contributed by atoms with Crippen LogP contribution in [0.1, 0.15) is 25.5 Å². The van der Waals surface area contributed by atoms with E-state index in [1.54, 1.807) is 0 Å². The molecule has 1 amide bonds. The Kier molecular flexibility index (Phi) is 6.53. The molecule has 0 aliphatic rings. The quantitative estimate of drug-likeness (QED) is 0.589. The van der Waals surface area contributed by atoms with Crippen molar-refractivity contribution in [1.29, 1.82) is 0 Å². The predicted octanol–water partition coefficient (Wildman–Crippen LogP) is 4.59. The summed E-state index contributed by atoms with van der Waals surface area (Å²) in [5.41, 5.74) is 2.03. The van der Waals surface area contributed by atoms with Crippen LogP contribution in [0.3, 0.4) is 0 Å². The molecule has 0 saturated heterocycles. The van der Waals surface area contributed by atoms with E-state index in [4.69, 9.17) is 11.6 Å². The lowest BCUT2D eigenvalue weighted by molar-refractivity contribution is -0.119. The van der Waals surface area contributed by atoms with Gasteiger partial charge in [0, 0.05) is 17.1 Å². The first-order valence-corrected chi connectivity index (χ1v) is 10.1. The van der Waals surface area contributed by atoms with Crippen molar-refractivity contribution in [2.75, 3.05) is 5.75 Å². The molecule has 3 rings (SSSR count). The van der Waals surface area contributed by atoms with Gasteiger partial charge in [-0.3, -0.25) is 4.79 Å². The number of aromatic nitrogens is 3. The maximum atomic E-state index is 12.3. The van der Waals surface area contributed by atoms with Crippen LogP contribution in [0.2, 0.25) is 5.02 Å². The third-order valence-electron chi connectivity index (χ3n) is 4.14. The van der Waals surface area contributed by atoms with Crippen molar-refractivity contribution in [3.63, 3.8) is 0 Å². The lowest BCUT2D eigenvalue weighted by atomic mass is 10.1. The molecule has 0 aliphatic carbocycles. The van der Waals surface area contributed by atoms with Crippen molar-refractivity contribution in [3.8, 4) is 11.4 Å². The molecule has 1 N–H and O–H groups in total. The van der Waals surface area contributed by atoms with E-state index in [0.29, 0.717) is 5.02 Å². The van der Waals surface area contributed by atoms with Gasteiger partial charge in [0.25, 0.3) is 0 Å². The fraction of sp³-hybridized carbons (Fsp3) is 0.250. The first kappa shape index (κ1) is 19.5. The van der Waals surface area contributed by atoms with E-state index in [2.05, 4.69) is 15.5 Å². The highest BCUT2D eigenvalue weighted by Crippen LogP contribution is 2.25. The van der Waals surface area contributed by atoms with Gasteiger partial charge >= 0.3 is 0 Å². The van der Waals surface area contributed by atoms with Crippen LogP contribution in [0.25, 0.3) is 11.4 Å². The molecule has 0 fully saturated rings. The molecule has 3 aromatic rings. The summed E-state index contributed by atoms with van der Waals surface area (Å²) in [5, 5.41) is 13.0. The lowest BCUT2D eigenvalue weighted by Crippen LogP contribution is -2.28. The van der Waals surface area contributed by atoms with Gasteiger partial charge in [0.1, 0.15) is 0 Å². The second-order valence-electron chi connectivity index (χ2n) is 6.05. The van der Waals surface area contributed by atoms with E-state index in [9.17, 15) is 4.79 Å². The molecular formula is C20H21ClN4OS. The molecular weight excluding hydrogens is 380 g/mol. The van der Waals surface area contributed by atoms with Gasteiger partial charge in [-0.1, -0.05) is 53.7 Å². The smallest absolute Gasteiger partial charge is 0.230 e. The minimum absolute atomic E-state index is 0.0324. The number of nitrogens with one attached hydrogen (secondary N) is 1. The zero-order valence-electron chi connectivity index (χ0n) is 15.2. The summed E-state index contributed by atoms with van der Waals surface area (Å²) >= 11 is 7.34. The van der Waals surface area contributed by atoms with E-state index in [1.165, 1.54) is 11.8 Å². The predicted molar refractivity (Wildman–Crippen MR) is 110 cm³/mol. The van der Waals surface area contributed by atoms with E-state index < -0.39 is 0 Å². The van der Waals surface area contributed by atoms with Gasteiger partial charge in [-0.2, -0.15) is 0 Å². The zero-order chi connectivity index (χ0) is 19.2. The second-order valence-corrected chi connectivity index (χ2v) is 7.42. The molecule has 1 heterocycles. The summed E-state index contributed by atoms with van der Waals surface area (Å²) in [6.45, 7) is 4.73. The Labute approximate surface area is 168 Å².